The Labute approximate surface area is 256 Å². The van der Waals surface area contributed by atoms with Crippen LogP contribution in [0.1, 0.15) is 62.8 Å². The molecule has 4 aromatic rings. The molecule has 43 heavy (non-hydrogen) atoms. The van der Waals surface area contributed by atoms with E-state index in [-0.39, 0.29) is 22.9 Å². The minimum atomic E-state index is -0.125. The highest BCUT2D eigenvalue weighted by atomic mass is 16.5. The molecule has 0 amide bonds. The molecule has 2 aliphatic carbocycles. The van der Waals surface area contributed by atoms with Gasteiger partial charge in [-0.05, 0) is 77.2 Å². The van der Waals surface area contributed by atoms with Gasteiger partial charge in [0.15, 0.2) is 0 Å². The van der Waals surface area contributed by atoms with E-state index < -0.39 is 0 Å². The predicted molar refractivity (Wildman–Crippen MR) is 180 cm³/mol. The molecule has 2 nitrogen and oxygen atoms in total. The van der Waals surface area contributed by atoms with Crippen LogP contribution in [0.2, 0.25) is 0 Å². The van der Waals surface area contributed by atoms with Gasteiger partial charge in [0.25, 0.3) is 0 Å². The number of hydrogen-bond donors (Lipinski definition) is 0. The molecule has 2 unspecified atom stereocenters. The van der Waals surface area contributed by atoms with Crippen LogP contribution in [0.4, 0.5) is 11.4 Å². The monoisotopic (exact) mass is 561 g/mol. The Bertz CT molecular complexity index is 1820. The Hall–Kier alpha value is -4.56. The van der Waals surface area contributed by atoms with Gasteiger partial charge in [0, 0.05) is 39.4 Å². The lowest BCUT2D eigenvalue weighted by Crippen LogP contribution is -2.19. The number of benzene rings is 4. The van der Waals surface area contributed by atoms with Crippen LogP contribution in [-0.2, 0) is 10.8 Å². The van der Waals surface area contributed by atoms with Crippen molar-refractivity contribution in [2.24, 2.45) is 0 Å². The lowest BCUT2D eigenvalue weighted by Gasteiger charge is -2.29. The molecule has 2 heteroatoms. The van der Waals surface area contributed by atoms with Crippen molar-refractivity contribution >= 4 is 11.4 Å². The summed E-state index contributed by atoms with van der Waals surface area (Å²) in [6, 6.07) is 33.3. The Morgan fingerprint density at radius 3 is 2.30 bits per heavy atom. The summed E-state index contributed by atoms with van der Waals surface area (Å²) in [6.45, 7) is 11.4. The van der Waals surface area contributed by atoms with Crippen molar-refractivity contribution in [2.45, 2.75) is 57.5 Å². The van der Waals surface area contributed by atoms with E-state index in [9.17, 15) is 0 Å². The van der Waals surface area contributed by atoms with E-state index in [0.717, 1.165) is 22.8 Å². The number of anilines is 2. The standard InChI is InChI=1S/C41H39NO/c1-6-29(24-25-40(2,3)28-14-8-7-9-15-28)42(31-21-23-39-35(27-31)33-17-11-13-19-38(33)43-39)30-20-22-37-34(26-30)32-16-10-12-18-36(32)41(37,4)5/h6-27,33,38H,1-5H3/b25-24-,29-6+. The quantitative estimate of drug-likeness (QED) is 0.217. The van der Waals surface area contributed by atoms with Gasteiger partial charge < -0.3 is 9.64 Å². The molecule has 0 aromatic heterocycles. The third-order valence-corrected chi connectivity index (χ3v) is 9.53. The number of rotatable bonds is 6. The normalized spacial score (nSPS) is 19.5. The predicted octanol–water partition coefficient (Wildman–Crippen LogP) is 10.5. The summed E-state index contributed by atoms with van der Waals surface area (Å²) in [7, 11) is 0. The Kier molecular flexibility index (Phi) is 6.54. The van der Waals surface area contributed by atoms with E-state index in [2.05, 4.69) is 173 Å². The smallest absolute Gasteiger partial charge is 0.128 e. The van der Waals surface area contributed by atoms with E-state index in [1.54, 1.807) is 0 Å². The summed E-state index contributed by atoms with van der Waals surface area (Å²) in [6.07, 6.45) is 15.5. The summed E-state index contributed by atoms with van der Waals surface area (Å²) in [5.74, 6) is 1.21. The molecule has 0 spiro atoms. The van der Waals surface area contributed by atoms with E-state index in [1.165, 1.54) is 33.4 Å². The lowest BCUT2D eigenvalue weighted by molar-refractivity contribution is 0.269. The van der Waals surface area contributed by atoms with Gasteiger partial charge in [0.1, 0.15) is 11.9 Å². The van der Waals surface area contributed by atoms with Crippen LogP contribution in [0.15, 0.2) is 139 Å². The van der Waals surface area contributed by atoms with Crippen LogP contribution >= 0.6 is 0 Å². The first kappa shape index (κ1) is 27.3. The number of nitrogens with zero attached hydrogens (tertiary/aromatic N) is 1. The van der Waals surface area contributed by atoms with E-state index in [0.29, 0.717) is 0 Å². The first-order valence-electron chi connectivity index (χ1n) is 15.4. The van der Waals surface area contributed by atoms with E-state index in [4.69, 9.17) is 4.74 Å². The summed E-state index contributed by atoms with van der Waals surface area (Å²) < 4.78 is 6.32. The van der Waals surface area contributed by atoms with Gasteiger partial charge in [0.2, 0.25) is 0 Å². The van der Waals surface area contributed by atoms with Crippen molar-refractivity contribution in [3.8, 4) is 16.9 Å². The first-order valence-corrected chi connectivity index (χ1v) is 15.4. The number of fused-ring (bicyclic) bond motifs is 6. The second-order valence-electron chi connectivity index (χ2n) is 13.0. The molecular formula is C41H39NO. The molecule has 1 aliphatic heterocycles. The van der Waals surface area contributed by atoms with Crippen molar-refractivity contribution < 1.29 is 4.74 Å². The SMILES string of the molecule is C/C=C(\C=C/C(C)(C)c1ccccc1)N(c1ccc2c(c1)-c1ccccc1C2(C)C)c1ccc2c(c1)C1C=CC=CC1O2. The average Bonchev–Trinajstić information content (AvgIpc) is 3.51. The largest absolute Gasteiger partial charge is 0.485 e. The molecule has 0 saturated carbocycles. The van der Waals surface area contributed by atoms with Gasteiger partial charge >= 0.3 is 0 Å². The zero-order chi connectivity index (χ0) is 29.8. The minimum Gasteiger partial charge on any atom is -0.485 e. The van der Waals surface area contributed by atoms with Gasteiger partial charge in [0.05, 0.1) is 0 Å². The fourth-order valence-electron chi connectivity index (χ4n) is 7.02. The Morgan fingerprint density at radius 1 is 0.791 bits per heavy atom. The Morgan fingerprint density at radius 2 is 1.49 bits per heavy atom. The maximum atomic E-state index is 6.32. The molecule has 0 fully saturated rings. The highest BCUT2D eigenvalue weighted by Gasteiger charge is 2.36. The van der Waals surface area contributed by atoms with Crippen molar-refractivity contribution in [1.29, 1.82) is 0 Å². The molecule has 3 aliphatic rings. The maximum Gasteiger partial charge on any atom is 0.128 e. The van der Waals surface area contributed by atoms with Crippen molar-refractivity contribution in [3.05, 3.63) is 161 Å². The second-order valence-corrected chi connectivity index (χ2v) is 13.0. The zero-order valence-corrected chi connectivity index (χ0v) is 25.7. The van der Waals surface area contributed by atoms with Crippen molar-refractivity contribution in [2.75, 3.05) is 4.90 Å². The maximum absolute atomic E-state index is 6.32. The summed E-state index contributed by atoms with van der Waals surface area (Å²) in [5.41, 5.74) is 11.2. The second kappa shape index (κ2) is 10.3. The van der Waals surface area contributed by atoms with Crippen molar-refractivity contribution in [3.63, 3.8) is 0 Å². The third-order valence-electron chi connectivity index (χ3n) is 9.53. The lowest BCUT2D eigenvalue weighted by atomic mass is 9.82. The van der Waals surface area contributed by atoms with Crippen LogP contribution in [-0.4, -0.2) is 6.10 Å². The molecule has 0 bridgehead atoms. The highest BCUT2D eigenvalue weighted by Crippen LogP contribution is 2.51. The van der Waals surface area contributed by atoms with E-state index >= 15 is 0 Å². The summed E-state index contributed by atoms with van der Waals surface area (Å²) in [5, 5.41) is 0. The van der Waals surface area contributed by atoms with Gasteiger partial charge in [-0.3, -0.25) is 0 Å². The molecule has 0 N–H and O–H groups in total. The number of allylic oxidation sites excluding steroid dienone is 5. The average molecular weight is 562 g/mol. The summed E-state index contributed by atoms with van der Waals surface area (Å²) in [4.78, 5) is 2.40. The van der Waals surface area contributed by atoms with Crippen LogP contribution < -0.4 is 9.64 Å². The van der Waals surface area contributed by atoms with Gasteiger partial charge in [-0.1, -0.05) is 119 Å². The zero-order valence-electron chi connectivity index (χ0n) is 25.7. The molecule has 1 heterocycles. The van der Waals surface area contributed by atoms with Crippen LogP contribution in [0.5, 0.6) is 5.75 Å². The highest BCUT2D eigenvalue weighted by molar-refractivity contribution is 5.85. The topological polar surface area (TPSA) is 12.5 Å². The number of ether oxygens (including phenoxy) is 1. The minimum absolute atomic E-state index is 0.0287. The molecule has 214 valence electrons. The first-order chi connectivity index (χ1) is 20.8. The Balaban J connectivity index is 1.36. The molecule has 0 radical (unpaired) electrons. The molecule has 4 aromatic carbocycles. The van der Waals surface area contributed by atoms with Crippen LogP contribution in [0, 0.1) is 0 Å². The van der Waals surface area contributed by atoms with Crippen LogP contribution in [0.3, 0.4) is 0 Å². The fraction of sp³-hybridized carbons (Fsp3) is 0.220. The molecule has 2 atom stereocenters. The fourth-order valence-corrected chi connectivity index (χ4v) is 7.02. The third kappa shape index (κ3) is 4.57. The van der Waals surface area contributed by atoms with Crippen molar-refractivity contribution in [1.82, 2.24) is 0 Å². The van der Waals surface area contributed by atoms with Gasteiger partial charge in [-0.2, -0.15) is 0 Å². The van der Waals surface area contributed by atoms with E-state index in [1.807, 2.05) is 0 Å². The molecule has 7 rings (SSSR count). The van der Waals surface area contributed by atoms with Crippen LogP contribution in [0.25, 0.3) is 11.1 Å². The van der Waals surface area contributed by atoms with Gasteiger partial charge in [-0.15, -0.1) is 0 Å². The molecular weight excluding hydrogens is 522 g/mol. The van der Waals surface area contributed by atoms with Gasteiger partial charge in [-0.25, -0.2) is 0 Å². The summed E-state index contributed by atoms with van der Waals surface area (Å²) >= 11 is 0. The molecule has 0 saturated heterocycles. The number of hydrogen-bond acceptors (Lipinski definition) is 2.